The smallest absolute Gasteiger partial charge is 0.387 e. The van der Waals surface area contributed by atoms with Gasteiger partial charge in [0.15, 0.2) is 0 Å². The molecule has 2 N–H and O–H groups in total. The predicted octanol–water partition coefficient (Wildman–Crippen LogP) is 6.18. The monoisotopic (exact) mass is 441 g/mol. The molecule has 1 unspecified atom stereocenters. The summed E-state index contributed by atoms with van der Waals surface area (Å²) in [5, 5.41) is 6.08. The van der Waals surface area contributed by atoms with Crippen molar-refractivity contribution in [3.05, 3.63) is 90.0 Å². The normalized spacial score (nSPS) is 16.6. The number of anilines is 1. The number of benzene rings is 1. The van der Waals surface area contributed by atoms with Crippen LogP contribution < -0.4 is 10.6 Å². The van der Waals surface area contributed by atoms with Crippen LogP contribution in [-0.4, -0.2) is 18.2 Å². The fraction of sp³-hybridized carbons (Fsp3) is 0.280. The van der Waals surface area contributed by atoms with Crippen molar-refractivity contribution >= 4 is 17.3 Å². The largest absolute Gasteiger partial charge is 0.435 e. The maximum Gasteiger partial charge on any atom is 0.387 e. The van der Waals surface area contributed by atoms with Crippen LogP contribution in [0.15, 0.2) is 89.4 Å². The molecule has 0 radical (unpaired) electrons. The number of nitrogens with one attached hydrogen (secondary N) is 2. The lowest BCUT2D eigenvalue weighted by molar-refractivity contribution is -0.112. The highest BCUT2D eigenvalue weighted by atomic mass is 19.3. The maximum atomic E-state index is 12.5. The third-order valence-corrected chi connectivity index (χ3v) is 4.76. The number of hydrogen-bond acceptors (Lipinski definition) is 4. The number of ether oxygens (including phenoxy) is 1. The summed E-state index contributed by atoms with van der Waals surface area (Å²) < 4.78 is 28.6. The number of aliphatic imine (C=N–C) groups is 1. The molecule has 7 heteroatoms. The molecule has 0 aromatic heterocycles. The van der Waals surface area contributed by atoms with Crippen molar-refractivity contribution in [1.82, 2.24) is 5.32 Å². The van der Waals surface area contributed by atoms with Crippen LogP contribution in [0.25, 0.3) is 0 Å². The zero-order valence-electron chi connectivity index (χ0n) is 18.6. The van der Waals surface area contributed by atoms with Gasteiger partial charge in [-0.25, -0.2) is 0 Å². The molecule has 1 aromatic carbocycles. The first-order valence-electron chi connectivity index (χ1n) is 10.3. The summed E-state index contributed by atoms with van der Waals surface area (Å²) in [7, 11) is 0. The van der Waals surface area contributed by atoms with Crippen molar-refractivity contribution in [3.63, 3.8) is 0 Å². The van der Waals surface area contributed by atoms with Crippen molar-refractivity contribution in [2.45, 2.75) is 46.3 Å². The van der Waals surface area contributed by atoms with Crippen molar-refractivity contribution in [2.24, 2.45) is 4.99 Å². The molecular weight excluding hydrogens is 412 g/mol. The van der Waals surface area contributed by atoms with E-state index in [0.29, 0.717) is 11.3 Å². The number of allylic oxidation sites excluding steroid dienone is 4. The van der Waals surface area contributed by atoms with E-state index < -0.39 is 6.61 Å². The first kappa shape index (κ1) is 24.8. The number of amides is 1. The molecule has 32 heavy (non-hydrogen) atoms. The number of alkyl halides is 2. The van der Waals surface area contributed by atoms with Crippen LogP contribution in [-0.2, 0) is 9.53 Å². The first-order valence-corrected chi connectivity index (χ1v) is 10.3. The van der Waals surface area contributed by atoms with Gasteiger partial charge in [-0.3, -0.25) is 9.79 Å². The average Bonchev–Trinajstić information content (AvgIpc) is 3.16. The standard InChI is InChI=1S/C25H29F2N3O2/c1-5-20(11-10-18(3)32-25(26)27)24(31)30-23-8-6-7-21(16-23)19(4)28-13-14-29-22-12-9-17(2)15-22/h5-8,10-11,13-16,19,25,28H,3,9,12H2,1-2,4H3,(H,30,31)/b11-10-,14-13?,20-5+,29-22?. The lowest BCUT2D eigenvalue weighted by Crippen LogP contribution is -2.15. The van der Waals surface area contributed by atoms with Gasteiger partial charge in [-0.2, -0.15) is 8.78 Å². The van der Waals surface area contributed by atoms with Crippen LogP contribution in [0.3, 0.4) is 0 Å². The summed E-state index contributed by atoms with van der Waals surface area (Å²) in [5.41, 5.74) is 4.32. The van der Waals surface area contributed by atoms with E-state index in [1.54, 1.807) is 25.3 Å². The second-order valence-corrected chi connectivity index (χ2v) is 7.32. The summed E-state index contributed by atoms with van der Waals surface area (Å²) in [5.74, 6) is -0.603. The Morgan fingerprint density at radius 3 is 2.72 bits per heavy atom. The van der Waals surface area contributed by atoms with Gasteiger partial charge in [0, 0.05) is 35.4 Å². The third-order valence-electron chi connectivity index (χ3n) is 4.76. The lowest BCUT2D eigenvalue weighted by Gasteiger charge is -2.14. The van der Waals surface area contributed by atoms with E-state index in [1.807, 2.05) is 31.3 Å². The number of rotatable bonds is 10. The molecule has 1 atom stereocenters. The van der Waals surface area contributed by atoms with Crippen molar-refractivity contribution in [2.75, 3.05) is 5.32 Å². The Morgan fingerprint density at radius 2 is 2.06 bits per heavy atom. The van der Waals surface area contributed by atoms with E-state index >= 15 is 0 Å². The Bertz CT molecular complexity index is 975. The van der Waals surface area contributed by atoms with Crippen LogP contribution in [0.2, 0.25) is 0 Å². The molecule has 0 bridgehead atoms. The van der Waals surface area contributed by atoms with E-state index in [9.17, 15) is 13.6 Å². The molecule has 0 saturated carbocycles. The van der Waals surface area contributed by atoms with Crippen molar-refractivity contribution in [3.8, 4) is 0 Å². The highest BCUT2D eigenvalue weighted by molar-refractivity contribution is 6.05. The molecule has 0 aliphatic heterocycles. The van der Waals surface area contributed by atoms with E-state index in [1.165, 1.54) is 17.7 Å². The second-order valence-electron chi connectivity index (χ2n) is 7.32. The Balaban J connectivity index is 1.95. The molecule has 1 aromatic rings. The fourth-order valence-corrected chi connectivity index (χ4v) is 3.00. The summed E-state index contributed by atoms with van der Waals surface area (Å²) in [6, 6.07) is 7.45. The van der Waals surface area contributed by atoms with Crippen LogP contribution in [0.4, 0.5) is 14.5 Å². The van der Waals surface area contributed by atoms with Gasteiger partial charge in [0.25, 0.3) is 5.91 Å². The van der Waals surface area contributed by atoms with E-state index in [4.69, 9.17) is 0 Å². The molecule has 170 valence electrons. The fourth-order valence-electron chi connectivity index (χ4n) is 3.00. The quantitative estimate of drug-likeness (QED) is 0.259. The predicted molar refractivity (Wildman–Crippen MR) is 125 cm³/mol. The summed E-state index contributed by atoms with van der Waals surface area (Å²) >= 11 is 0. The Labute approximate surface area is 188 Å². The van der Waals surface area contributed by atoms with Gasteiger partial charge in [0.05, 0.1) is 0 Å². The average molecular weight is 442 g/mol. The molecule has 1 amide bonds. The molecular formula is C25H29F2N3O2. The van der Waals surface area contributed by atoms with Gasteiger partial charge in [-0.05, 0) is 69.5 Å². The minimum absolute atomic E-state index is 0.0000570. The molecule has 1 aliphatic carbocycles. The van der Waals surface area contributed by atoms with Crippen LogP contribution >= 0.6 is 0 Å². The zero-order valence-corrected chi connectivity index (χ0v) is 18.6. The number of halogens is 2. The molecule has 0 fully saturated rings. The van der Waals surface area contributed by atoms with Gasteiger partial charge in [0.1, 0.15) is 5.76 Å². The highest BCUT2D eigenvalue weighted by Gasteiger charge is 2.10. The molecule has 0 heterocycles. The van der Waals surface area contributed by atoms with Gasteiger partial charge in [-0.15, -0.1) is 0 Å². The van der Waals surface area contributed by atoms with Gasteiger partial charge in [0.2, 0.25) is 0 Å². The topological polar surface area (TPSA) is 62.7 Å². The number of hydrogen-bond donors (Lipinski definition) is 2. The van der Waals surface area contributed by atoms with E-state index in [0.717, 1.165) is 24.1 Å². The second kappa shape index (κ2) is 12.4. The van der Waals surface area contributed by atoms with Crippen LogP contribution in [0.5, 0.6) is 0 Å². The summed E-state index contributed by atoms with van der Waals surface area (Å²) in [4.78, 5) is 17.0. The SMILES string of the molecule is C=C(/C=C\C(=C/C)C(=O)Nc1cccc(C(C)NC=CN=C2C=C(C)CC2)c1)OC(F)F. The van der Waals surface area contributed by atoms with Crippen molar-refractivity contribution in [1.29, 1.82) is 0 Å². The van der Waals surface area contributed by atoms with E-state index in [-0.39, 0.29) is 17.7 Å². The number of nitrogens with zero attached hydrogens (tertiary/aromatic N) is 1. The number of carbonyl (C=O) groups excluding carboxylic acids is 1. The first-order chi connectivity index (χ1) is 15.3. The van der Waals surface area contributed by atoms with Gasteiger partial charge in [-0.1, -0.05) is 30.4 Å². The molecule has 1 aliphatic rings. The maximum absolute atomic E-state index is 12.5. The minimum Gasteiger partial charge on any atom is -0.435 e. The van der Waals surface area contributed by atoms with Gasteiger partial charge < -0.3 is 15.4 Å². The zero-order chi connectivity index (χ0) is 23.5. The lowest BCUT2D eigenvalue weighted by atomic mass is 10.1. The Hall–Kier alpha value is -3.48. The minimum atomic E-state index is -2.96. The van der Waals surface area contributed by atoms with Crippen molar-refractivity contribution < 1.29 is 18.3 Å². The summed E-state index contributed by atoms with van der Waals surface area (Å²) in [6.07, 6.45) is 11.9. The third kappa shape index (κ3) is 8.34. The Morgan fingerprint density at radius 1 is 1.28 bits per heavy atom. The summed E-state index contributed by atoms with van der Waals surface area (Å²) in [6.45, 7) is 6.19. The van der Waals surface area contributed by atoms with Gasteiger partial charge >= 0.3 is 6.61 Å². The highest BCUT2D eigenvalue weighted by Crippen LogP contribution is 2.19. The molecule has 2 rings (SSSR count). The number of carbonyl (C=O) groups is 1. The molecule has 0 saturated heterocycles. The van der Waals surface area contributed by atoms with Crippen LogP contribution in [0.1, 0.15) is 45.2 Å². The Kier molecular flexibility index (Phi) is 9.60. The molecule has 0 spiro atoms. The molecule has 5 nitrogen and oxygen atoms in total. The van der Waals surface area contributed by atoms with E-state index in [2.05, 4.69) is 39.9 Å². The van der Waals surface area contributed by atoms with Crippen LogP contribution in [0, 0.1) is 0 Å².